The van der Waals surface area contributed by atoms with Crippen molar-refractivity contribution < 1.29 is 0 Å². The van der Waals surface area contributed by atoms with Gasteiger partial charge in [0, 0.05) is 6.54 Å². The monoisotopic (exact) mass is 285 g/mol. The third-order valence-corrected chi connectivity index (χ3v) is 4.51. The number of aromatic nitrogens is 2. The van der Waals surface area contributed by atoms with E-state index in [1.54, 1.807) is 0 Å². The van der Waals surface area contributed by atoms with Gasteiger partial charge in [0.25, 0.3) is 5.56 Å². The lowest BCUT2D eigenvalue weighted by atomic mass is 9.93. The lowest BCUT2D eigenvalue weighted by molar-refractivity contribution is 0.338. The fraction of sp³-hybridized carbons (Fsp3) is 0.529. The van der Waals surface area contributed by atoms with Crippen LogP contribution in [0.25, 0.3) is 10.9 Å². The highest BCUT2D eigenvalue weighted by Crippen LogP contribution is 2.18. The third-order valence-electron chi connectivity index (χ3n) is 4.51. The number of para-hydroxylation sites is 1. The molecule has 1 saturated heterocycles. The molecule has 2 heterocycles. The standard InChI is InChI=1S/C17H23N3O/c1-13-19-16-7-3-2-6-15(16)17(21)20(13)12-4-5-14-8-10-18-11-9-14/h2-3,6-7,14,18H,4-5,8-12H2,1H3. The van der Waals surface area contributed by atoms with Gasteiger partial charge in [-0.25, -0.2) is 4.98 Å². The molecule has 112 valence electrons. The van der Waals surface area contributed by atoms with Gasteiger partial charge in [0.1, 0.15) is 5.82 Å². The van der Waals surface area contributed by atoms with E-state index >= 15 is 0 Å². The smallest absolute Gasteiger partial charge is 0.261 e. The second kappa shape index (κ2) is 6.39. The molecule has 0 atom stereocenters. The quantitative estimate of drug-likeness (QED) is 0.939. The van der Waals surface area contributed by atoms with Crippen LogP contribution < -0.4 is 10.9 Å². The van der Waals surface area contributed by atoms with Crippen LogP contribution >= 0.6 is 0 Å². The van der Waals surface area contributed by atoms with E-state index in [9.17, 15) is 4.79 Å². The van der Waals surface area contributed by atoms with Crippen molar-refractivity contribution in [2.45, 2.75) is 39.2 Å². The summed E-state index contributed by atoms with van der Waals surface area (Å²) >= 11 is 0. The maximum atomic E-state index is 12.5. The molecule has 0 amide bonds. The van der Waals surface area contributed by atoms with E-state index in [1.165, 1.54) is 19.3 Å². The Morgan fingerprint density at radius 3 is 2.86 bits per heavy atom. The number of hydrogen-bond donors (Lipinski definition) is 1. The van der Waals surface area contributed by atoms with Crippen molar-refractivity contribution in [1.29, 1.82) is 0 Å². The molecule has 1 aliphatic heterocycles. The molecule has 0 spiro atoms. The molecule has 1 fully saturated rings. The fourth-order valence-corrected chi connectivity index (χ4v) is 3.25. The number of rotatable bonds is 4. The van der Waals surface area contributed by atoms with Gasteiger partial charge in [-0.15, -0.1) is 0 Å². The minimum atomic E-state index is 0.100. The number of fused-ring (bicyclic) bond motifs is 1. The Kier molecular flexibility index (Phi) is 4.34. The molecule has 0 aliphatic carbocycles. The molecule has 1 N–H and O–H groups in total. The fourth-order valence-electron chi connectivity index (χ4n) is 3.25. The maximum absolute atomic E-state index is 12.5. The third kappa shape index (κ3) is 3.16. The number of nitrogens with zero attached hydrogens (tertiary/aromatic N) is 2. The molecule has 4 heteroatoms. The second-order valence-electron chi connectivity index (χ2n) is 5.97. The molecule has 3 rings (SSSR count). The second-order valence-corrected chi connectivity index (χ2v) is 5.97. The van der Waals surface area contributed by atoms with Crippen molar-refractivity contribution >= 4 is 10.9 Å². The summed E-state index contributed by atoms with van der Waals surface area (Å²) in [4.78, 5) is 17.1. The summed E-state index contributed by atoms with van der Waals surface area (Å²) in [6, 6.07) is 7.60. The van der Waals surface area contributed by atoms with Crippen LogP contribution in [0.15, 0.2) is 29.1 Å². The van der Waals surface area contributed by atoms with Crippen LogP contribution in [0.4, 0.5) is 0 Å². The molecule has 1 aromatic heterocycles. The van der Waals surface area contributed by atoms with Gasteiger partial charge in [-0.2, -0.15) is 0 Å². The van der Waals surface area contributed by atoms with E-state index in [2.05, 4.69) is 10.3 Å². The lowest BCUT2D eigenvalue weighted by Gasteiger charge is -2.22. The lowest BCUT2D eigenvalue weighted by Crippen LogP contribution is -2.28. The van der Waals surface area contributed by atoms with Crippen LogP contribution in [0.5, 0.6) is 0 Å². The van der Waals surface area contributed by atoms with Crippen molar-refractivity contribution in [1.82, 2.24) is 14.9 Å². The van der Waals surface area contributed by atoms with E-state index in [4.69, 9.17) is 0 Å². The van der Waals surface area contributed by atoms with Gasteiger partial charge in [0.15, 0.2) is 0 Å². The maximum Gasteiger partial charge on any atom is 0.261 e. The number of nitrogens with one attached hydrogen (secondary N) is 1. The number of piperidine rings is 1. The van der Waals surface area contributed by atoms with Crippen LogP contribution in [0.1, 0.15) is 31.5 Å². The largest absolute Gasteiger partial charge is 0.317 e. The van der Waals surface area contributed by atoms with E-state index < -0.39 is 0 Å². The highest BCUT2D eigenvalue weighted by molar-refractivity contribution is 5.77. The van der Waals surface area contributed by atoms with Crippen molar-refractivity contribution in [3.05, 3.63) is 40.4 Å². The Balaban J connectivity index is 1.73. The summed E-state index contributed by atoms with van der Waals surface area (Å²) in [7, 11) is 0. The molecule has 4 nitrogen and oxygen atoms in total. The van der Waals surface area contributed by atoms with E-state index in [0.717, 1.165) is 48.7 Å². The number of aryl methyl sites for hydroxylation is 1. The first-order valence-electron chi connectivity index (χ1n) is 7.92. The molecule has 1 aromatic carbocycles. The molecule has 0 radical (unpaired) electrons. The summed E-state index contributed by atoms with van der Waals surface area (Å²) in [6.45, 7) is 4.99. The summed E-state index contributed by atoms with van der Waals surface area (Å²) in [5, 5.41) is 4.12. The molecule has 2 aromatic rings. The molecule has 21 heavy (non-hydrogen) atoms. The van der Waals surface area contributed by atoms with Gasteiger partial charge >= 0.3 is 0 Å². The van der Waals surface area contributed by atoms with Crippen LogP contribution in [0.2, 0.25) is 0 Å². The molecule has 1 aliphatic rings. The van der Waals surface area contributed by atoms with Gasteiger partial charge in [0.2, 0.25) is 0 Å². The first-order valence-corrected chi connectivity index (χ1v) is 7.92. The topological polar surface area (TPSA) is 46.9 Å². The van der Waals surface area contributed by atoms with Crippen LogP contribution in [-0.2, 0) is 6.54 Å². The minimum absolute atomic E-state index is 0.100. The van der Waals surface area contributed by atoms with Crippen molar-refractivity contribution in [3.8, 4) is 0 Å². The average molecular weight is 285 g/mol. The van der Waals surface area contributed by atoms with E-state index in [0.29, 0.717) is 0 Å². The molecule has 0 saturated carbocycles. The first kappa shape index (κ1) is 14.3. The zero-order chi connectivity index (χ0) is 14.7. The number of benzene rings is 1. The normalized spacial score (nSPS) is 16.4. The molecule has 0 unspecified atom stereocenters. The van der Waals surface area contributed by atoms with Crippen molar-refractivity contribution in [2.75, 3.05) is 13.1 Å². The van der Waals surface area contributed by atoms with Gasteiger partial charge in [-0.05, 0) is 63.7 Å². The SMILES string of the molecule is Cc1nc2ccccc2c(=O)n1CCCC1CCNCC1. The Bertz CT molecular complexity index is 671. The molecular formula is C17H23N3O. The van der Waals surface area contributed by atoms with Gasteiger partial charge in [-0.1, -0.05) is 12.1 Å². The highest BCUT2D eigenvalue weighted by Gasteiger charge is 2.13. The van der Waals surface area contributed by atoms with Crippen LogP contribution in [0, 0.1) is 12.8 Å². The number of hydrogen-bond acceptors (Lipinski definition) is 3. The minimum Gasteiger partial charge on any atom is -0.317 e. The predicted molar refractivity (Wildman–Crippen MR) is 85.6 cm³/mol. The molecule has 0 bridgehead atoms. The highest BCUT2D eigenvalue weighted by atomic mass is 16.1. The summed E-state index contributed by atoms with van der Waals surface area (Å²) in [5.74, 6) is 1.64. The predicted octanol–water partition coefficient (Wildman–Crippen LogP) is 2.48. The van der Waals surface area contributed by atoms with Crippen molar-refractivity contribution in [3.63, 3.8) is 0 Å². The first-order chi connectivity index (χ1) is 10.3. The Morgan fingerprint density at radius 2 is 2.05 bits per heavy atom. The molecular weight excluding hydrogens is 262 g/mol. The van der Waals surface area contributed by atoms with Crippen LogP contribution in [-0.4, -0.2) is 22.6 Å². The summed E-state index contributed by atoms with van der Waals surface area (Å²) in [6.07, 6.45) is 4.81. The average Bonchev–Trinajstić information content (AvgIpc) is 2.51. The van der Waals surface area contributed by atoms with Crippen molar-refractivity contribution in [2.24, 2.45) is 5.92 Å². The van der Waals surface area contributed by atoms with E-state index in [1.807, 2.05) is 35.8 Å². The zero-order valence-electron chi connectivity index (χ0n) is 12.6. The van der Waals surface area contributed by atoms with Gasteiger partial charge < -0.3 is 5.32 Å². The van der Waals surface area contributed by atoms with E-state index in [-0.39, 0.29) is 5.56 Å². The van der Waals surface area contributed by atoms with Gasteiger partial charge in [-0.3, -0.25) is 9.36 Å². The Labute approximate surface area is 125 Å². The van der Waals surface area contributed by atoms with Crippen LogP contribution in [0.3, 0.4) is 0 Å². The summed E-state index contributed by atoms with van der Waals surface area (Å²) in [5.41, 5.74) is 0.901. The van der Waals surface area contributed by atoms with Gasteiger partial charge in [0.05, 0.1) is 10.9 Å². The summed E-state index contributed by atoms with van der Waals surface area (Å²) < 4.78 is 1.84. The Hall–Kier alpha value is -1.68. The zero-order valence-corrected chi connectivity index (χ0v) is 12.6. The Morgan fingerprint density at radius 1 is 1.29 bits per heavy atom.